The van der Waals surface area contributed by atoms with Crippen LogP contribution >= 0.6 is 0 Å². The van der Waals surface area contributed by atoms with Crippen molar-refractivity contribution in [3.05, 3.63) is 61.6 Å². The average Bonchev–Trinajstić information content (AvgIpc) is 2.70. The van der Waals surface area contributed by atoms with Crippen molar-refractivity contribution in [1.82, 2.24) is 4.57 Å². The van der Waals surface area contributed by atoms with Gasteiger partial charge in [-0.25, -0.2) is 0 Å². The molecule has 4 heteroatoms. The van der Waals surface area contributed by atoms with Crippen LogP contribution in [0, 0.1) is 13.8 Å². The normalized spacial score (nSPS) is 11.2. The van der Waals surface area contributed by atoms with E-state index in [0.717, 1.165) is 47.5 Å². The number of nitrogens with zero attached hydrogens (tertiary/aromatic N) is 1. The van der Waals surface area contributed by atoms with Gasteiger partial charge in [0.05, 0.1) is 0 Å². The number of pyridine rings is 1. The Hall–Kier alpha value is -2.36. The summed E-state index contributed by atoms with van der Waals surface area (Å²) in [5.74, 6) is 0.136. The Bertz CT molecular complexity index is 943. The summed E-state index contributed by atoms with van der Waals surface area (Å²) in [6.45, 7) is 14.4. The Morgan fingerprint density at radius 3 is 2.07 bits per heavy atom. The van der Waals surface area contributed by atoms with E-state index in [4.69, 9.17) is 0 Å². The van der Waals surface area contributed by atoms with Gasteiger partial charge in [0.2, 0.25) is 0 Å². The summed E-state index contributed by atoms with van der Waals surface area (Å²) in [5, 5.41) is 3.12. The van der Waals surface area contributed by atoms with Gasteiger partial charge in [0.1, 0.15) is 5.56 Å². The molecule has 0 aliphatic carbocycles. The maximum atomic E-state index is 13.4. The Morgan fingerprint density at radius 2 is 1.62 bits per heavy atom. The largest absolute Gasteiger partial charge is 0.351 e. The van der Waals surface area contributed by atoms with Gasteiger partial charge in [-0.3, -0.25) is 9.59 Å². The molecule has 0 aliphatic heterocycles. The third kappa shape index (κ3) is 4.47. The van der Waals surface area contributed by atoms with Crippen LogP contribution in [0.4, 0.5) is 5.69 Å². The number of rotatable bonds is 7. The van der Waals surface area contributed by atoms with Gasteiger partial charge >= 0.3 is 0 Å². The number of anilines is 1. The fourth-order valence-corrected chi connectivity index (χ4v) is 3.89. The highest BCUT2D eigenvalue weighted by atomic mass is 16.2. The van der Waals surface area contributed by atoms with Crippen molar-refractivity contribution in [1.29, 1.82) is 0 Å². The van der Waals surface area contributed by atoms with Gasteiger partial charge in [0.25, 0.3) is 5.91 Å². The molecule has 0 radical (unpaired) electrons. The van der Waals surface area contributed by atoms with Crippen LogP contribution in [0.3, 0.4) is 0 Å². The Morgan fingerprint density at radius 1 is 1.07 bits per heavy atom. The first-order valence-corrected chi connectivity index (χ1v) is 10.8. The van der Waals surface area contributed by atoms with Crippen molar-refractivity contribution in [2.45, 2.75) is 80.1 Å². The molecule has 0 saturated carbocycles. The molecule has 0 saturated heterocycles. The average molecular weight is 397 g/mol. The molecule has 2 aromatic rings. The minimum atomic E-state index is -0.293. The molecule has 1 amide bonds. The third-order valence-electron chi connectivity index (χ3n) is 6.01. The van der Waals surface area contributed by atoms with Gasteiger partial charge in [-0.15, -0.1) is 0 Å². The van der Waals surface area contributed by atoms with Crippen molar-refractivity contribution >= 4 is 11.6 Å². The van der Waals surface area contributed by atoms with E-state index in [1.54, 1.807) is 6.92 Å². The van der Waals surface area contributed by atoms with Crippen molar-refractivity contribution < 1.29 is 4.79 Å². The molecular weight excluding hydrogens is 360 g/mol. The highest BCUT2D eigenvalue weighted by Gasteiger charge is 2.23. The predicted molar refractivity (Wildman–Crippen MR) is 122 cm³/mol. The summed E-state index contributed by atoms with van der Waals surface area (Å²) in [4.78, 5) is 26.4. The summed E-state index contributed by atoms with van der Waals surface area (Å²) in [7, 11) is 1.94. The predicted octanol–water partition coefficient (Wildman–Crippen LogP) is 5.46. The second kappa shape index (κ2) is 9.43. The maximum absolute atomic E-state index is 13.4. The quantitative estimate of drug-likeness (QED) is 0.676. The van der Waals surface area contributed by atoms with E-state index < -0.39 is 0 Å². The van der Waals surface area contributed by atoms with Crippen LogP contribution in [-0.4, -0.2) is 10.5 Å². The molecule has 1 aromatic carbocycles. The second-order valence-electron chi connectivity index (χ2n) is 8.20. The van der Waals surface area contributed by atoms with Crippen LogP contribution in [0.5, 0.6) is 0 Å². The lowest BCUT2D eigenvalue weighted by molar-refractivity contribution is 0.102. The molecule has 0 fully saturated rings. The van der Waals surface area contributed by atoms with E-state index in [-0.39, 0.29) is 16.9 Å². The van der Waals surface area contributed by atoms with Gasteiger partial charge in [0.15, 0.2) is 5.43 Å². The van der Waals surface area contributed by atoms with Crippen LogP contribution in [0.25, 0.3) is 0 Å². The monoisotopic (exact) mass is 396 g/mol. The van der Waals surface area contributed by atoms with Gasteiger partial charge in [0, 0.05) is 29.7 Å². The van der Waals surface area contributed by atoms with E-state index in [2.05, 4.69) is 52.1 Å². The standard InChI is InChI=1S/C25H36N2O2/c1-9-12-21-22(24(28)16(6)17(7)27(21)8)25(29)26-23-18(10-2)13-20(15(4)5)14-19(23)11-3/h13-15H,9-12H2,1-8H3,(H,26,29). The van der Waals surface area contributed by atoms with Crippen LogP contribution in [-0.2, 0) is 26.3 Å². The minimum absolute atomic E-state index is 0.156. The first kappa shape index (κ1) is 22.9. The molecule has 0 spiro atoms. The van der Waals surface area contributed by atoms with Crippen LogP contribution in [0.2, 0.25) is 0 Å². The smallest absolute Gasteiger partial charge is 0.261 e. The molecule has 29 heavy (non-hydrogen) atoms. The molecule has 1 aromatic heterocycles. The van der Waals surface area contributed by atoms with Crippen LogP contribution in [0.15, 0.2) is 16.9 Å². The van der Waals surface area contributed by atoms with E-state index in [9.17, 15) is 9.59 Å². The van der Waals surface area contributed by atoms with Crippen LogP contribution in [0.1, 0.15) is 91.0 Å². The number of aromatic nitrogens is 1. The number of benzene rings is 1. The minimum Gasteiger partial charge on any atom is -0.351 e. The van der Waals surface area contributed by atoms with E-state index in [1.165, 1.54) is 5.56 Å². The lowest BCUT2D eigenvalue weighted by Crippen LogP contribution is -2.30. The molecule has 4 nitrogen and oxygen atoms in total. The summed E-state index contributed by atoms with van der Waals surface area (Å²) in [5.41, 5.74) is 6.90. The number of carbonyl (C=O) groups is 1. The Kier molecular flexibility index (Phi) is 7.45. The molecule has 1 N–H and O–H groups in total. The number of hydrogen-bond acceptors (Lipinski definition) is 2. The first-order chi connectivity index (χ1) is 13.7. The van der Waals surface area contributed by atoms with Crippen molar-refractivity contribution in [2.75, 3.05) is 5.32 Å². The van der Waals surface area contributed by atoms with Gasteiger partial charge in [-0.2, -0.15) is 0 Å². The SMILES string of the molecule is CCCc1c(C(=O)Nc2c(CC)cc(C(C)C)cc2CC)c(=O)c(C)c(C)n1C. The molecule has 0 atom stereocenters. The number of nitrogens with one attached hydrogen (secondary N) is 1. The van der Waals surface area contributed by atoms with E-state index >= 15 is 0 Å². The molecule has 0 bridgehead atoms. The third-order valence-corrected chi connectivity index (χ3v) is 6.01. The highest BCUT2D eigenvalue weighted by molar-refractivity contribution is 6.06. The lowest BCUT2D eigenvalue weighted by Gasteiger charge is -2.21. The first-order valence-electron chi connectivity index (χ1n) is 10.8. The highest BCUT2D eigenvalue weighted by Crippen LogP contribution is 2.29. The number of aryl methyl sites for hydroxylation is 2. The number of hydrogen-bond donors (Lipinski definition) is 1. The second-order valence-corrected chi connectivity index (χ2v) is 8.20. The van der Waals surface area contributed by atoms with Gasteiger partial charge in [-0.1, -0.05) is 53.2 Å². The topological polar surface area (TPSA) is 51.1 Å². The molecule has 1 heterocycles. The van der Waals surface area contributed by atoms with Gasteiger partial charge in [-0.05, 0) is 55.7 Å². The number of carbonyl (C=O) groups excluding carboxylic acids is 1. The summed E-state index contributed by atoms with van der Waals surface area (Å²) >= 11 is 0. The lowest BCUT2D eigenvalue weighted by atomic mass is 9.93. The Balaban J connectivity index is 2.63. The maximum Gasteiger partial charge on any atom is 0.261 e. The molecule has 0 aliphatic rings. The van der Waals surface area contributed by atoms with E-state index in [1.807, 2.05) is 18.5 Å². The zero-order valence-corrected chi connectivity index (χ0v) is 19.3. The Labute approximate surface area is 175 Å². The summed E-state index contributed by atoms with van der Waals surface area (Å²) in [6, 6.07) is 4.37. The van der Waals surface area contributed by atoms with E-state index in [0.29, 0.717) is 17.9 Å². The molecule has 158 valence electrons. The summed E-state index contributed by atoms with van der Waals surface area (Å²) in [6.07, 6.45) is 3.23. The molecule has 0 unspecified atom stereocenters. The van der Waals surface area contributed by atoms with Gasteiger partial charge < -0.3 is 9.88 Å². The van der Waals surface area contributed by atoms with Crippen LogP contribution < -0.4 is 10.7 Å². The van der Waals surface area contributed by atoms with Crippen molar-refractivity contribution in [3.63, 3.8) is 0 Å². The van der Waals surface area contributed by atoms with Crippen molar-refractivity contribution in [2.24, 2.45) is 7.05 Å². The fraction of sp³-hybridized carbons (Fsp3) is 0.520. The number of amides is 1. The summed E-state index contributed by atoms with van der Waals surface area (Å²) < 4.78 is 2.00. The molecular formula is C25H36N2O2. The van der Waals surface area contributed by atoms with Crippen molar-refractivity contribution in [3.8, 4) is 0 Å². The molecule has 2 rings (SSSR count). The zero-order valence-electron chi connectivity index (χ0n) is 19.3. The fourth-order valence-electron chi connectivity index (χ4n) is 3.89. The zero-order chi connectivity index (χ0) is 21.9.